The van der Waals surface area contributed by atoms with Crippen molar-refractivity contribution in [1.82, 2.24) is 0 Å². The number of aliphatic hydroxyl groups is 1. The minimum Gasteiger partial charge on any atom is -0.394 e. The molecule has 0 heterocycles. The normalized spacial score (nSPS) is 16.1. The Morgan fingerprint density at radius 3 is 2.33 bits per heavy atom. The van der Waals surface area contributed by atoms with Gasteiger partial charge in [-0.25, -0.2) is 8.42 Å². The Morgan fingerprint density at radius 2 is 2.25 bits per heavy atom. The van der Waals surface area contributed by atoms with Gasteiger partial charge < -0.3 is 5.11 Å². The van der Waals surface area contributed by atoms with Gasteiger partial charge in [-0.3, -0.25) is 0 Å². The smallest absolute Gasteiger partial charge is 0.184 e. The molecule has 0 saturated heterocycles. The van der Waals surface area contributed by atoms with Crippen molar-refractivity contribution in [2.45, 2.75) is 11.2 Å². The highest BCUT2D eigenvalue weighted by molar-refractivity contribution is 7.92. The van der Waals surface area contributed by atoms with Gasteiger partial charge in [-0.1, -0.05) is 6.08 Å². The van der Waals surface area contributed by atoms with Gasteiger partial charge in [-0.15, -0.1) is 6.58 Å². The molecule has 4 nitrogen and oxygen atoms in total. The molecular weight excluding hydrogens is 178 g/mol. The number of hydrogen-bond donors (Lipinski definition) is 1. The quantitative estimate of drug-likeness (QED) is 0.624. The summed E-state index contributed by atoms with van der Waals surface area (Å²) in [5.74, 6) is 0. The van der Waals surface area contributed by atoms with E-state index in [1.807, 2.05) is 0 Å². The first-order valence-corrected chi connectivity index (χ1v) is 5.15. The van der Waals surface area contributed by atoms with Crippen LogP contribution in [0.3, 0.4) is 0 Å². The van der Waals surface area contributed by atoms with E-state index in [1.165, 1.54) is 6.08 Å². The highest BCUT2D eigenvalue weighted by Crippen LogP contribution is 2.19. The third-order valence-corrected chi connectivity index (χ3v) is 3.45. The van der Waals surface area contributed by atoms with Gasteiger partial charge in [0.1, 0.15) is 0 Å². The third-order valence-electron chi connectivity index (χ3n) is 1.64. The van der Waals surface area contributed by atoms with Gasteiger partial charge in [0.15, 0.2) is 14.6 Å². The molecule has 5 heteroatoms. The highest BCUT2D eigenvalue weighted by atomic mass is 32.2. The second-order valence-electron chi connectivity index (χ2n) is 2.53. The van der Waals surface area contributed by atoms with E-state index >= 15 is 0 Å². The van der Waals surface area contributed by atoms with Gasteiger partial charge in [0.2, 0.25) is 0 Å². The van der Waals surface area contributed by atoms with E-state index in [0.29, 0.717) is 0 Å². The summed E-state index contributed by atoms with van der Waals surface area (Å²) >= 11 is 0. The zero-order chi connectivity index (χ0) is 9.83. The lowest BCUT2D eigenvalue weighted by molar-refractivity contribution is 0.266. The fraction of sp³-hybridized carbons (Fsp3) is 0.571. The van der Waals surface area contributed by atoms with Crippen molar-refractivity contribution in [3.63, 3.8) is 0 Å². The lowest BCUT2D eigenvalue weighted by Gasteiger charge is -2.19. The van der Waals surface area contributed by atoms with Crippen molar-refractivity contribution in [3.8, 4) is 6.07 Å². The largest absolute Gasteiger partial charge is 0.394 e. The molecule has 0 aromatic carbocycles. The molecule has 0 aliphatic rings. The molecule has 0 aliphatic heterocycles. The summed E-state index contributed by atoms with van der Waals surface area (Å²) in [6.45, 7) is 2.63. The van der Waals surface area contributed by atoms with Crippen molar-refractivity contribution in [1.29, 1.82) is 5.26 Å². The first kappa shape index (κ1) is 11.1. The molecule has 68 valence electrons. The molecule has 0 aromatic heterocycles. The Labute approximate surface area is 72.1 Å². The van der Waals surface area contributed by atoms with Crippen molar-refractivity contribution < 1.29 is 13.5 Å². The zero-order valence-corrected chi connectivity index (χ0v) is 7.63. The number of rotatable bonds is 4. The fourth-order valence-electron chi connectivity index (χ4n) is 0.730. The molecule has 0 saturated carbocycles. The standard InChI is InChI=1S/C7H11NO3S/c1-3-4-7(5-8,6-9)12(2,10)11/h3,9H,1,4,6H2,2H3. The number of aliphatic hydroxyl groups excluding tert-OH is 1. The van der Waals surface area contributed by atoms with E-state index in [2.05, 4.69) is 6.58 Å². The zero-order valence-electron chi connectivity index (χ0n) is 6.82. The molecule has 1 atom stereocenters. The Hall–Kier alpha value is -0.860. The van der Waals surface area contributed by atoms with Crippen molar-refractivity contribution >= 4 is 9.84 Å². The maximum atomic E-state index is 11.1. The van der Waals surface area contributed by atoms with Crippen LogP contribution in [0.4, 0.5) is 0 Å². The van der Waals surface area contributed by atoms with E-state index in [4.69, 9.17) is 10.4 Å². The topological polar surface area (TPSA) is 78.2 Å². The molecule has 1 N–H and O–H groups in total. The Morgan fingerprint density at radius 1 is 1.75 bits per heavy atom. The van der Waals surface area contributed by atoms with Crippen LogP contribution in [0.1, 0.15) is 6.42 Å². The highest BCUT2D eigenvalue weighted by Gasteiger charge is 2.39. The molecule has 0 aromatic rings. The lowest BCUT2D eigenvalue weighted by Crippen LogP contribution is -2.39. The van der Waals surface area contributed by atoms with Crippen LogP contribution >= 0.6 is 0 Å². The van der Waals surface area contributed by atoms with Crippen LogP contribution in [0.25, 0.3) is 0 Å². The molecular formula is C7H11NO3S. The molecule has 0 aliphatic carbocycles. The van der Waals surface area contributed by atoms with E-state index in [9.17, 15) is 8.42 Å². The lowest BCUT2D eigenvalue weighted by atomic mass is 10.1. The molecule has 0 bridgehead atoms. The van der Waals surface area contributed by atoms with E-state index in [1.54, 1.807) is 6.07 Å². The van der Waals surface area contributed by atoms with Gasteiger partial charge in [0.05, 0.1) is 12.7 Å². The van der Waals surface area contributed by atoms with Gasteiger partial charge in [0, 0.05) is 12.7 Å². The summed E-state index contributed by atoms with van der Waals surface area (Å²) in [4.78, 5) is 0. The number of hydrogen-bond acceptors (Lipinski definition) is 4. The number of allylic oxidation sites excluding steroid dienone is 1. The predicted molar refractivity (Wildman–Crippen MR) is 45.1 cm³/mol. The first-order valence-electron chi connectivity index (χ1n) is 3.26. The van der Waals surface area contributed by atoms with Crippen LogP contribution in [-0.4, -0.2) is 31.1 Å². The van der Waals surface area contributed by atoms with Crippen molar-refractivity contribution in [3.05, 3.63) is 12.7 Å². The van der Waals surface area contributed by atoms with Gasteiger partial charge in [0.25, 0.3) is 0 Å². The second kappa shape index (κ2) is 3.70. The first-order chi connectivity index (χ1) is 5.43. The third kappa shape index (κ3) is 1.84. The molecule has 1 unspecified atom stereocenters. The summed E-state index contributed by atoms with van der Waals surface area (Å²) in [7, 11) is -3.57. The van der Waals surface area contributed by atoms with Crippen LogP contribution < -0.4 is 0 Å². The molecule has 0 spiro atoms. The molecule has 0 fully saturated rings. The molecule has 12 heavy (non-hydrogen) atoms. The van der Waals surface area contributed by atoms with Crippen LogP contribution in [0.15, 0.2) is 12.7 Å². The van der Waals surface area contributed by atoms with Gasteiger partial charge in [-0.05, 0) is 0 Å². The maximum absolute atomic E-state index is 11.1. The molecule has 0 radical (unpaired) electrons. The Balaban J connectivity index is 5.14. The van der Waals surface area contributed by atoms with Crippen molar-refractivity contribution in [2.24, 2.45) is 0 Å². The van der Waals surface area contributed by atoms with Crippen LogP contribution in [0, 0.1) is 11.3 Å². The van der Waals surface area contributed by atoms with Crippen LogP contribution in [0.2, 0.25) is 0 Å². The van der Waals surface area contributed by atoms with E-state index < -0.39 is 21.2 Å². The van der Waals surface area contributed by atoms with Crippen molar-refractivity contribution in [2.75, 3.05) is 12.9 Å². The predicted octanol–water partition coefficient (Wildman–Crippen LogP) is -0.138. The Bertz CT molecular complexity index is 301. The van der Waals surface area contributed by atoms with Crippen LogP contribution in [0.5, 0.6) is 0 Å². The average Bonchev–Trinajstić information content (AvgIpc) is 1.98. The second-order valence-corrected chi connectivity index (χ2v) is 4.85. The monoisotopic (exact) mass is 189 g/mol. The van der Waals surface area contributed by atoms with Gasteiger partial charge in [-0.2, -0.15) is 5.26 Å². The average molecular weight is 189 g/mol. The Kier molecular flexibility index (Phi) is 3.43. The summed E-state index contributed by atoms with van der Waals surface area (Å²) in [5, 5.41) is 17.4. The molecule has 0 amide bonds. The molecule has 0 rings (SSSR count). The number of nitrogens with zero attached hydrogens (tertiary/aromatic N) is 1. The van der Waals surface area contributed by atoms with Crippen LogP contribution in [-0.2, 0) is 9.84 Å². The number of sulfone groups is 1. The van der Waals surface area contributed by atoms with E-state index in [0.717, 1.165) is 6.26 Å². The SMILES string of the molecule is C=CCC(C#N)(CO)S(C)(=O)=O. The maximum Gasteiger partial charge on any atom is 0.184 e. The summed E-state index contributed by atoms with van der Waals surface area (Å²) < 4.78 is 20.4. The minimum absolute atomic E-state index is 0.0567. The van der Waals surface area contributed by atoms with E-state index in [-0.39, 0.29) is 6.42 Å². The summed E-state index contributed by atoms with van der Waals surface area (Å²) in [5.41, 5.74) is 0. The minimum atomic E-state index is -3.57. The number of nitriles is 1. The fourth-order valence-corrected chi connectivity index (χ4v) is 1.55. The summed E-state index contributed by atoms with van der Waals surface area (Å²) in [6.07, 6.45) is 2.18. The summed E-state index contributed by atoms with van der Waals surface area (Å²) in [6, 6.07) is 1.60. The van der Waals surface area contributed by atoms with Gasteiger partial charge >= 0.3 is 0 Å².